The van der Waals surface area contributed by atoms with Crippen molar-refractivity contribution < 1.29 is 23.1 Å². The van der Waals surface area contributed by atoms with Crippen LogP contribution in [0.2, 0.25) is 0 Å². The third kappa shape index (κ3) is 3.39. The van der Waals surface area contributed by atoms with Crippen LogP contribution in [0.25, 0.3) is 0 Å². The van der Waals surface area contributed by atoms with Gasteiger partial charge < -0.3 is 10.4 Å². The first-order chi connectivity index (χ1) is 10.2. The van der Waals surface area contributed by atoms with Gasteiger partial charge in [-0.15, -0.1) is 0 Å². The van der Waals surface area contributed by atoms with E-state index in [1.165, 1.54) is 13.0 Å². The molecule has 1 fully saturated rings. The fourth-order valence-corrected chi connectivity index (χ4v) is 2.04. The number of hydrogen-bond acceptors (Lipinski definition) is 3. The van der Waals surface area contributed by atoms with E-state index in [-0.39, 0.29) is 22.9 Å². The standard InChI is InChI=1S/C15H13F3N2O2/c1-8-6-10(4-5-12(8)15(16,17)18)20-14(22)11(7-19)13(21)9-2-3-9/h4-6,9,21H,2-3H2,1H3,(H,20,22)/b13-11+/i7+1,11+1,14+1,19+1. The first kappa shape index (κ1) is 15.9. The SMILES string of the molecule is Cc1cc(N[13C](=O)/[13C]([13C]#[15N])=C(/O)C2CC2)ccc1C(F)(F)F. The summed E-state index contributed by atoms with van der Waals surface area (Å²) in [4.78, 5) is 11.9. The number of aliphatic hydroxyl groups excluding tert-OH is 1. The average Bonchev–Trinajstić information content (AvgIpc) is 3.21. The predicted molar refractivity (Wildman–Crippen MR) is 72.8 cm³/mol. The molecule has 0 bridgehead atoms. The van der Waals surface area contributed by atoms with E-state index in [1.54, 1.807) is 6.07 Å². The Labute approximate surface area is 124 Å². The van der Waals surface area contributed by atoms with Crippen LogP contribution >= 0.6 is 0 Å². The van der Waals surface area contributed by atoms with Crippen molar-refractivity contribution in [2.45, 2.75) is 25.9 Å². The molecule has 0 atom stereocenters. The largest absolute Gasteiger partial charge is 0.510 e. The van der Waals surface area contributed by atoms with E-state index in [2.05, 4.69) is 5.32 Å². The molecule has 0 spiro atoms. The lowest BCUT2D eigenvalue weighted by Crippen LogP contribution is -2.16. The number of alkyl halides is 3. The van der Waals surface area contributed by atoms with E-state index in [9.17, 15) is 23.1 Å². The zero-order chi connectivity index (χ0) is 16.5. The minimum Gasteiger partial charge on any atom is -0.510 e. The maximum absolute atomic E-state index is 12.7. The van der Waals surface area contributed by atoms with Crippen LogP contribution in [-0.4, -0.2) is 11.0 Å². The van der Waals surface area contributed by atoms with Crippen LogP contribution in [0.3, 0.4) is 0 Å². The summed E-state index contributed by atoms with van der Waals surface area (Å²) < 4.78 is 38.0. The van der Waals surface area contributed by atoms with E-state index in [0.29, 0.717) is 12.8 Å². The van der Waals surface area contributed by atoms with Gasteiger partial charge in [-0.1, -0.05) is 0 Å². The number of allylic oxidation sites excluding steroid dienone is 1. The zero-order valence-corrected chi connectivity index (χ0v) is 11.7. The van der Waals surface area contributed by atoms with Crippen LogP contribution in [0, 0.1) is 24.2 Å². The van der Waals surface area contributed by atoms with Gasteiger partial charge in [-0.25, -0.2) is 0 Å². The van der Waals surface area contributed by atoms with Crippen LogP contribution < -0.4 is 5.32 Å². The fraction of sp³-hybridized carbons (Fsp3) is 0.333. The Kier molecular flexibility index (Phi) is 4.13. The summed E-state index contributed by atoms with van der Waals surface area (Å²) in [5.41, 5.74) is -1.10. The molecule has 1 aromatic rings. The maximum Gasteiger partial charge on any atom is 0.416 e. The van der Waals surface area contributed by atoms with E-state index < -0.39 is 23.2 Å². The van der Waals surface area contributed by atoms with Gasteiger partial charge in [0, 0.05) is 11.6 Å². The quantitative estimate of drug-likeness (QED) is 0.294. The first-order valence-electron chi connectivity index (χ1n) is 6.56. The van der Waals surface area contributed by atoms with Crippen LogP contribution in [0.5, 0.6) is 0 Å². The number of carbonyl (C=O) groups excluding carboxylic acids is 1. The molecule has 1 amide bonds. The highest BCUT2D eigenvalue weighted by Gasteiger charge is 2.33. The minimum atomic E-state index is -4.46. The second-order valence-electron chi connectivity index (χ2n) is 5.13. The number of aryl methyl sites for hydroxylation is 1. The predicted octanol–water partition coefficient (Wildman–Crippen LogP) is 3.70. The number of hydrogen-bond donors (Lipinski definition) is 2. The van der Waals surface area contributed by atoms with Crippen molar-refractivity contribution in [3.05, 3.63) is 40.7 Å². The average molecular weight is 314 g/mol. The summed E-state index contributed by atoms with van der Waals surface area (Å²) >= 11 is 0. The Morgan fingerprint density at radius 1 is 1.41 bits per heavy atom. The molecule has 1 saturated carbocycles. The molecule has 7 heteroatoms. The summed E-state index contributed by atoms with van der Waals surface area (Å²) in [6.45, 7) is 1.28. The molecule has 0 heterocycles. The molecule has 1 aromatic carbocycles. The molecule has 116 valence electrons. The number of nitrogens with zero attached hydrogens (tertiary/aromatic N) is 1. The summed E-state index contributed by atoms with van der Waals surface area (Å²) in [5, 5.41) is 21.0. The van der Waals surface area contributed by atoms with Gasteiger partial charge >= 0.3 is 6.18 Å². The molecular formula is C15H13F3N2O2. The van der Waals surface area contributed by atoms with Gasteiger partial charge in [-0.2, -0.15) is 18.4 Å². The first-order valence-corrected chi connectivity index (χ1v) is 6.56. The van der Waals surface area contributed by atoms with E-state index in [1.807, 2.05) is 0 Å². The Hall–Kier alpha value is -2.49. The molecule has 0 saturated heterocycles. The van der Waals surface area contributed by atoms with Gasteiger partial charge in [0.05, 0.1) is 5.56 Å². The second-order valence-corrected chi connectivity index (χ2v) is 5.13. The number of anilines is 1. The Bertz CT molecular complexity index is 683. The Balaban J connectivity index is 2.21. The number of nitriles is 1. The minimum absolute atomic E-state index is 0.0424. The third-order valence-electron chi connectivity index (χ3n) is 3.35. The lowest BCUT2D eigenvalue weighted by atomic mass is 10.1. The van der Waals surface area contributed by atoms with Gasteiger partial charge in [0.1, 0.15) is 11.8 Å². The van der Waals surface area contributed by atoms with Crippen molar-refractivity contribution in [2.75, 3.05) is 5.32 Å². The summed E-state index contributed by atoms with van der Waals surface area (Å²) in [7, 11) is 0. The summed E-state index contributed by atoms with van der Waals surface area (Å²) in [5.74, 6) is -1.26. The maximum atomic E-state index is 12.7. The van der Waals surface area contributed by atoms with Crippen molar-refractivity contribution in [2.24, 2.45) is 5.92 Å². The molecule has 2 N–H and O–H groups in total. The monoisotopic (exact) mass is 314 g/mol. The molecule has 1 aliphatic carbocycles. The van der Waals surface area contributed by atoms with E-state index in [0.717, 1.165) is 12.1 Å². The van der Waals surface area contributed by atoms with Crippen LogP contribution in [-0.2, 0) is 11.0 Å². The Morgan fingerprint density at radius 2 is 2.05 bits per heavy atom. The van der Waals surface area contributed by atoms with Crippen molar-refractivity contribution in [3.8, 4) is 6.07 Å². The smallest absolute Gasteiger partial charge is 0.416 e. The Morgan fingerprint density at radius 3 is 2.50 bits per heavy atom. The molecule has 0 unspecified atom stereocenters. The molecule has 4 nitrogen and oxygen atoms in total. The van der Waals surface area contributed by atoms with Gasteiger partial charge in [0.2, 0.25) is 0 Å². The number of benzene rings is 1. The van der Waals surface area contributed by atoms with Gasteiger partial charge in [-0.3, -0.25) is 4.79 Å². The number of amides is 1. The van der Waals surface area contributed by atoms with E-state index in [4.69, 9.17) is 5.26 Å². The lowest BCUT2D eigenvalue weighted by molar-refractivity contribution is -0.138. The molecular weight excluding hydrogens is 301 g/mol. The molecule has 0 aliphatic heterocycles. The topological polar surface area (TPSA) is 73.1 Å². The summed E-state index contributed by atoms with van der Waals surface area (Å²) in [6, 6.07) is 4.77. The van der Waals surface area contributed by atoms with E-state index >= 15 is 0 Å². The second kappa shape index (κ2) is 5.72. The lowest BCUT2D eigenvalue weighted by Gasteiger charge is -2.12. The van der Waals surface area contributed by atoms with Gasteiger partial charge in [-0.05, 0) is 43.5 Å². The van der Waals surface area contributed by atoms with Crippen molar-refractivity contribution in [1.29, 1.82) is 5.26 Å². The molecule has 2 rings (SSSR count). The highest BCUT2D eigenvalue weighted by molar-refractivity contribution is 6.07. The molecule has 1 aliphatic rings. The van der Waals surface area contributed by atoms with Crippen molar-refractivity contribution in [3.63, 3.8) is 0 Å². The third-order valence-corrected chi connectivity index (χ3v) is 3.35. The van der Waals surface area contributed by atoms with Crippen LogP contribution in [0.15, 0.2) is 29.5 Å². The molecule has 0 aromatic heterocycles. The van der Waals surface area contributed by atoms with Crippen LogP contribution in [0.1, 0.15) is 24.0 Å². The number of rotatable bonds is 3. The highest BCUT2D eigenvalue weighted by Crippen LogP contribution is 2.37. The van der Waals surface area contributed by atoms with Crippen molar-refractivity contribution >= 4 is 11.6 Å². The van der Waals surface area contributed by atoms with Gasteiger partial charge in [0.25, 0.3) is 5.91 Å². The summed E-state index contributed by atoms with van der Waals surface area (Å²) in [6.07, 6.45) is -3.04. The highest BCUT2D eigenvalue weighted by atomic mass is 19.4. The molecule has 0 radical (unpaired) electrons. The number of halogens is 3. The van der Waals surface area contributed by atoms with Crippen molar-refractivity contribution in [1.82, 2.24) is 0 Å². The normalized spacial score (nSPS) is 15.8. The molecule has 22 heavy (non-hydrogen) atoms. The number of aliphatic hydroxyl groups is 1. The number of nitrogens with one attached hydrogen (secondary N) is 1. The fourth-order valence-electron chi connectivity index (χ4n) is 2.04. The van der Waals surface area contributed by atoms with Crippen LogP contribution in [0.4, 0.5) is 18.9 Å². The number of carbonyl (C=O) groups is 1. The zero-order valence-electron chi connectivity index (χ0n) is 11.7. The van der Waals surface area contributed by atoms with Gasteiger partial charge in [0.15, 0.2) is 5.57 Å².